The maximum atomic E-state index is 11.1. The molecule has 10 heteroatoms. The van der Waals surface area contributed by atoms with E-state index in [1.54, 1.807) is 0 Å². The second-order valence-corrected chi connectivity index (χ2v) is 6.11. The molecule has 0 aliphatic rings. The molecule has 10 nitrogen and oxygen atoms in total. The molecule has 0 aliphatic heterocycles. The third-order valence-electron chi connectivity index (χ3n) is 3.88. The molecule has 0 saturated carbocycles. The van der Waals surface area contributed by atoms with E-state index in [9.17, 15) is 24.3 Å². The molecule has 3 aromatic rings. The Kier molecular flexibility index (Phi) is 7.50. The Hall–Kier alpha value is -4.86. The van der Waals surface area contributed by atoms with E-state index in [1.165, 1.54) is 60.7 Å². The van der Waals surface area contributed by atoms with Gasteiger partial charge in [-0.2, -0.15) is 0 Å². The summed E-state index contributed by atoms with van der Waals surface area (Å²) in [6.45, 7) is 0. The van der Waals surface area contributed by atoms with Crippen molar-refractivity contribution in [2.24, 2.45) is 0 Å². The van der Waals surface area contributed by atoms with E-state index in [-0.39, 0.29) is 39.5 Å². The van der Waals surface area contributed by atoms with Crippen LogP contribution in [0.2, 0.25) is 0 Å². The van der Waals surface area contributed by atoms with Crippen LogP contribution < -0.4 is 4.74 Å². The van der Waals surface area contributed by atoms with Crippen LogP contribution in [0.4, 0.5) is 0 Å². The van der Waals surface area contributed by atoms with E-state index in [1.807, 2.05) is 0 Å². The van der Waals surface area contributed by atoms with Crippen LogP contribution in [-0.4, -0.2) is 49.4 Å². The summed E-state index contributed by atoms with van der Waals surface area (Å²) in [6, 6.07) is 14.4. The molecule has 0 atom stereocenters. The molecule has 0 aliphatic carbocycles. The van der Waals surface area contributed by atoms with Gasteiger partial charge in [0.05, 0.1) is 16.7 Å². The van der Waals surface area contributed by atoms with Crippen LogP contribution in [0.25, 0.3) is 0 Å². The monoisotopic (exact) mass is 440 g/mol. The molecule has 3 aromatic carbocycles. The highest BCUT2D eigenvalue weighted by Gasteiger charge is 2.16. The van der Waals surface area contributed by atoms with Crippen molar-refractivity contribution in [3.8, 4) is 17.2 Å². The van der Waals surface area contributed by atoms with Crippen molar-refractivity contribution in [2.45, 2.75) is 0 Å². The SMILES string of the molecule is O=C(O)c1ccc(C(=O)O)cc1.O=C(O)c1ccc(Oc2cccc(O)c2)c(C(=O)O)c1. The highest BCUT2D eigenvalue weighted by molar-refractivity contribution is 5.96. The first-order valence-corrected chi connectivity index (χ1v) is 8.72. The van der Waals surface area contributed by atoms with Gasteiger partial charge in [0.2, 0.25) is 0 Å². The molecule has 164 valence electrons. The minimum Gasteiger partial charge on any atom is -0.508 e. The van der Waals surface area contributed by atoms with Gasteiger partial charge in [0.1, 0.15) is 22.8 Å². The zero-order valence-electron chi connectivity index (χ0n) is 16.1. The Labute approximate surface area is 180 Å². The molecule has 0 bridgehead atoms. The number of benzene rings is 3. The number of phenolic OH excluding ortho intramolecular Hbond substituents is 1. The summed E-state index contributed by atoms with van der Waals surface area (Å²) < 4.78 is 5.35. The molecule has 32 heavy (non-hydrogen) atoms. The fourth-order valence-corrected chi connectivity index (χ4v) is 2.35. The lowest BCUT2D eigenvalue weighted by molar-refractivity contribution is 0.0681. The first-order valence-electron chi connectivity index (χ1n) is 8.72. The number of ether oxygens (including phenoxy) is 1. The molecule has 0 amide bonds. The van der Waals surface area contributed by atoms with Crippen molar-refractivity contribution in [1.29, 1.82) is 0 Å². The summed E-state index contributed by atoms with van der Waals surface area (Å²) in [5.41, 5.74) is -0.251. The van der Waals surface area contributed by atoms with Crippen LogP contribution in [-0.2, 0) is 0 Å². The van der Waals surface area contributed by atoms with E-state index in [2.05, 4.69) is 0 Å². The molecule has 0 radical (unpaired) electrons. The average Bonchev–Trinajstić information content (AvgIpc) is 2.74. The van der Waals surface area contributed by atoms with Gasteiger partial charge in [-0.05, 0) is 54.6 Å². The predicted octanol–water partition coefficient (Wildman–Crippen LogP) is 3.66. The first kappa shape index (κ1) is 23.4. The molecule has 5 N–H and O–H groups in total. The van der Waals surface area contributed by atoms with E-state index >= 15 is 0 Å². The molecular formula is C22H16O10. The summed E-state index contributed by atoms with van der Waals surface area (Å²) >= 11 is 0. The van der Waals surface area contributed by atoms with Crippen molar-refractivity contribution in [2.75, 3.05) is 0 Å². The lowest BCUT2D eigenvalue weighted by Gasteiger charge is -2.09. The Morgan fingerprint density at radius 1 is 0.594 bits per heavy atom. The Balaban J connectivity index is 0.000000258. The molecule has 0 aromatic heterocycles. The topological polar surface area (TPSA) is 179 Å². The Morgan fingerprint density at radius 2 is 1.09 bits per heavy atom. The molecular weight excluding hydrogens is 424 g/mol. The smallest absolute Gasteiger partial charge is 0.339 e. The lowest BCUT2D eigenvalue weighted by Crippen LogP contribution is -2.04. The maximum Gasteiger partial charge on any atom is 0.339 e. The molecule has 0 spiro atoms. The van der Waals surface area contributed by atoms with Crippen molar-refractivity contribution in [1.82, 2.24) is 0 Å². The van der Waals surface area contributed by atoms with E-state index < -0.39 is 23.9 Å². The number of rotatable bonds is 6. The van der Waals surface area contributed by atoms with Gasteiger partial charge in [-0.3, -0.25) is 0 Å². The van der Waals surface area contributed by atoms with E-state index in [0.717, 1.165) is 6.07 Å². The van der Waals surface area contributed by atoms with Crippen LogP contribution in [0.5, 0.6) is 17.2 Å². The predicted molar refractivity (Wildman–Crippen MR) is 109 cm³/mol. The summed E-state index contributed by atoms with van der Waals surface area (Å²) in [5, 5.41) is 44.2. The number of carboxylic acids is 4. The molecule has 0 heterocycles. The van der Waals surface area contributed by atoms with Crippen LogP contribution in [0, 0.1) is 0 Å². The zero-order chi connectivity index (χ0) is 23.8. The van der Waals surface area contributed by atoms with Crippen LogP contribution >= 0.6 is 0 Å². The Morgan fingerprint density at radius 3 is 1.53 bits per heavy atom. The number of aromatic hydroxyl groups is 1. The highest BCUT2D eigenvalue weighted by atomic mass is 16.5. The number of carbonyl (C=O) groups is 4. The quantitative estimate of drug-likeness (QED) is 0.380. The summed E-state index contributed by atoms with van der Waals surface area (Å²) in [7, 11) is 0. The standard InChI is InChI=1S/C14H10O6.C8H6O4/c15-9-2-1-3-10(7-9)20-12-5-4-8(13(16)17)6-11(12)14(18)19;9-7(10)5-1-2-6(4-3-5)8(11)12/h1-7,15H,(H,16,17)(H,18,19);1-4H,(H,9,10)(H,11,12). The molecule has 3 rings (SSSR count). The maximum absolute atomic E-state index is 11.1. The third-order valence-corrected chi connectivity index (χ3v) is 3.88. The number of carboxylic acid groups (broad SMARTS) is 4. The molecule has 0 fully saturated rings. The molecule has 0 unspecified atom stereocenters. The molecule has 0 saturated heterocycles. The van der Waals surface area contributed by atoms with Gasteiger partial charge >= 0.3 is 23.9 Å². The van der Waals surface area contributed by atoms with Crippen LogP contribution in [0.15, 0.2) is 66.7 Å². The third kappa shape index (κ3) is 6.32. The van der Waals surface area contributed by atoms with Crippen LogP contribution in [0.3, 0.4) is 0 Å². The minimum atomic E-state index is -1.30. The highest BCUT2D eigenvalue weighted by Crippen LogP contribution is 2.28. The zero-order valence-corrected chi connectivity index (χ0v) is 16.1. The number of phenols is 1. The van der Waals surface area contributed by atoms with Gasteiger partial charge in [-0.25, -0.2) is 19.2 Å². The van der Waals surface area contributed by atoms with Crippen molar-refractivity contribution < 1.29 is 49.4 Å². The number of hydrogen-bond acceptors (Lipinski definition) is 6. The second kappa shape index (κ2) is 10.3. The fraction of sp³-hybridized carbons (Fsp3) is 0. The normalized spacial score (nSPS) is 9.75. The van der Waals surface area contributed by atoms with Gasteiger partial charge in [-0.1, -0.05) is 6.07 Å². The fourth-order valence-electron chi connectivity index (χ4n) is 2.35. The van der Waals surface area contributed by atoms with Gasteiger partial charge in [0, 0.05) is 6.07 Å². The summed E-state index contributed by atoms with van der Waals surface area (Å²) in [5.74, 6) is -4.44. The summed E-state index contributed by atoms with van der Waals surface area (Å²) in [6.07, 6.45) is 0. The second-order valence-electron chi connectivity index (χ2n) is 6.11. The van der Waals surface area contributed by atoms with E-state index in [4.69, 9.17) is 25.2 Å². The number of hydrogen-bond donors (Lipinski definition) is 5. The lowest BCUT2D eigenvalue weighted by atomic mass is 10.1. The summed E-state index contributed by atoms with van der Waals surface area (Å²) in [4.78, 5) is 42.6. The van der Waals surface area contributed by atoms with Crippen molar-refractivity contribution >= 4 is 23.9 Å². The van der Waals surface area contributed by atoms with E-state index in [0.29, 0.717) is 0 Å². The van der Waals surface area contributed by atoms with Gasteiger partial charge in [0.15, 0.2) is 0 Å². The average molecular weight is 440 g/mol. The largest absolute Gasteiger partial charge is 0.508 e. The van der Waals surface area contributed by atoms with Crippen molar-refractivity contribution in [3.63, 3.8) is 0 Å². The van der Waals surface area contributed by atoms with Gasteiger partial charge in [0.25, 0.3) is 0 Å². The van der Waals surface area contributed by atoms with Gasteiger partial charge < -0.3 is 30.3 Å². The van der Waals surface area contributed by atoms with Crippen LogP contribution in [0.1, 0.15) is 41.4 Å². The Bertz CT molecular complexity index is 1130. The number of aromatic carboxylic acids is 4. The first-order chi connectivity index (χ1) is 15.1. The van der Waals surface area contributed by atoms with Gasteiger partial charge in [-0.15, -0.1) is 0 Å². The van der Waals surface area contributed by atoms with Crippen molar-refractivity contribution in [3.05, 3.63) is 89.0 Å². The minimum absolute atomic E-state index is 0.00639.